The number of hydrogen-bond donors (Lipinski definition) is 1. The Bertz CT molecular complexity index is 585. The number of methoxy groups -OCH3 is 2. The van der Waals surface area contributed by atoms with Crippen LogP contribution >= 0.6 is 11.6 Å². The van der Waals surface area contributed by atoms with Gasteiger partial charge in [0, 0.05) is 17.6 Å². The van der Waals surface area contributed by atoms with E-state index < -0.39 is 0 Å². The quantitative estimate of drug-likeness (QED) is 0.889. The highest BCUT2D eigenvalue weighted by Gasteiger charge is 2.15. The van der Waals surface area contributed by atoms with Gasteiger partial charge in [0.25, 0.3) is 0 Å². The monoisotopic (exact) mass is 307 g/mol. The van der Waals surface area contributed by atoms with Crippen molar-refractivity contribution >= 4 is 11.6 Å². The standard InChI is InChI=1S/C15H18ClN3O2/c1-10(11-6-4-5-7-13(11)16)17-8-12-14(20-2)18-9-19-15(12)21-3/h4-7,9-10,17H,8H2,1-3H3/t10-/m0/s1. The smallest absolute Gasteiger partial charge is 0.224 e. The van der Waals surface area contributed by atoms with Crippen molar-refractivity contribution in [1.29, 1.82) is 0 Å². The highest BCUT2D eigenvalue weighted by Crippen LogP contribution is 2.26. The molecule has 0 unspecified atom stereocenters. The molecule has 1 atom stereocenters. The zero-order valence-electron chi connectivity index (χ0n) is 12.3. The zero-order valence-corrected chi connectivity index (χ0v) is 13.0. The molecule has 0 aliphatic carbocycles. The molecule has 112 valence electrons. The second kappa shape index (κ2) is 7.24. The summed E-state index contributed by atoms with van der Waals surface area (Å²) in [6.07, 6.45) is 1.42. The van der Waals surface area contributed by atoms with E-state index in [-0.39, 0.29) is 6.04 Å². The van der Waals surface area contributed by atoms with Crippen molar-refractivity contribution in [2.75, 3.05) is 14.2 Å². The molecule has 0 saturated heterocycles. The number of nitrogens with zero attached hydrogens (tertiary/aromatic N) is 2. The van der Waals surface area contributed by atoms with Crippen molar-refractivity contribution in [3.8, 4) is 11.8 Å². The fourth-order valence-electron chi connectivity index (χ4n) is 2.08. The normalized spacial score (nSPS) is 12.0. The van der Waals surface area contributed by atoms with Crippen molar-refractivity contribution in [2.24, 2.45) is 0 Å². The van der Waals surface area contributed by atoms with Crippen molar-refractivity contribution in [3.63, 3.8) is 0 Å². The minimum Gasteiger partial charge on any atom is -0.481 e. The van der Waals surface area contributed by atoms with E-state index >= 15 is 0 Å². The molecular weight excluding hydrogens is 290 g/mol. The van der Waals surface area contributed by atoms with Crippen LogP contribution in [-0.4, -0.2) is 24.2 Å². The minimum absolute atomic E-state index is 0.0771. The Kier molecular flexibility index (Phi) is 5.36. The van der Waals surface area contributed by atoms with Crippen molar-refractivity contribution in [1.82, 2.24) is 15.3 Å². The van der Waals surface area contributed by atoms with E-state index in [4.69, 9.17) is 21.1 Å². The summed E-state index contributed by atoms with van der Waals surface area (Å²) in [5, 5.41) is 4.12. The van der Waals surface area contributed by atoms with Gasteiger partial charge < -0.3 is 14.8 Å². The molecule has 5 nitrogen and oxygen atoms in total. The molecule has 0 spiro atoms. The van der Waals surface area contributed by atoms with Crippen LogP contribution in [0.25, 0.3) is 0 Å². The number of ether oxygens (including phenoxy) is 2. The Morgan fingerprint density at radius 2 is 1.76 bits per heavy atom. The first kappa shape index (κ1) is 15.5. The van der Waals surface area contributed by atoms with Crippen LogP contribution in [0.5, 0.6) is 11.8 Å². The predicted molar refractivity (Wildman–Crippen MR) is 81.8 cm³/mol. The van der Waals surface area contributed by atoms with Crippen molar-refractivity contribution in [3.05, 3.63) is 46.7 Å². The van der Waals surface area contributed by atoms with Gasteiger partial charge in [0.1, 0.15) is 6.33 Å². The Hall–Kier alpha value is -1.85. The molecule has 1 heterocycles. The summed E-state index contributed by atoms with van der Waals surface area (Å²) in [7, 11) is 3.14. The lowest BCUT2D eigenvalue weighted by Crippen LogP contribution is -2.19. The van der Waals surface area contributed by atoms with E-state index in [1.54, 1.807) is 14.2 Å². The molecule has 0 amide bonds. The summed E-state index contributed by atoms with van der Waals surface area (Å²) >= 11 is 6.20. The van der Waals surface area contributed by atoms with Gasteiger partial charge in [-0.15, -0.1) is 0 Å². The van der Waals surface area contributed by atoms with Gasteiger partial charge in [-0.3, -0.25) is 0 Å². The van der Waals surface area contributed by atoms with Gasteiger partial charge in [-0.25, -0.2) is 9.97 Å². The van der Waals surface area contributed by atoms with Gasteiger partial charge in [0.2, 0.25) is 11.8 Å². The van der Waals surface area contributed by atoms with Crippen LogP contribution < -0.4 is 14.8 Å². The van der Waals surface area contributed by atoms with E-state index in [1.807, 2.05) is 31.2 Å². The number of nitrogens with one attached hydrogen (secondary N) is 1. The van der Waals surface area contributed by atoms with Gasteiger partial charge in [-0.2, -0.15) is 0 Å². The van der Waals surface area contributed by atoms with E-state index in [2.05, 4.69) is 15.3 Å². The van der Waals surface area contributed by atoms with Gasteiger partial charge in [0.15, 0.2) is 0 Å². The molecule has 2 rings (SSSR count). The Labute approximate surface area is 129 Å². The Balaban J connectivity index is 2.15. The molecule has 0 bridgehead atoms. The third kappa shape index (κ3) is 3.62. The largest absolute Gasteiger partial charge is 0.481 e. The fraction of sp³-hybridized carbons (Fsp3) is 0.333. The maximum atomic E-state index is 6.20. The number of hydrogen-bond acceptors (Lipinski definition) is 5. The Morgan fingerprint density at radius 3 is 2.33 bits per heavy atom. The third-order valence-corrected chi connectivity index (χ3v) is 3.55. The highest BCUT2D eigenvalue weighted by atomic mass is 35.5. The van der Waals surface area contributed by atoms with Crippen LogP contribution in [0.15, 0.2) is 30.6 Å². The maximum absolute atomic E-state index is 6.20. The lowest BCUT2D eigenvalue weighted by atomic mass is 10.1. The van der Waals surface area contributed by atoms with Crippen LogP contribution in [0.2, 0.25) is 5.02 Å². The van der Waals surface area contributed by atoms with E-state index in [9.17, 15) is 0 Å². The predicted octanol–water partition coefficient (Wildman–Crippen LogP) is 3.00. The van der Waals surface area contributed by atoms with Gasteiger partial charge in [0.05, 0.1) is 19.8 Å². The van der Waals surface area contributed by atoms with E-state index in [0.29, 0.717) is 18.3 Å². The first-order valence-corrected chi connectivity index (χ1v) is 6.94. The SMILES string of the molecule is COc1ncnc(OC)c1CN[C@@H](C)c1ccccc1Cl. The van der Waals surface area contributed by atoms with Crippen molar-refractivity contribution < 1.29 is 9.47 Å². The molecule has 0 fully saturated rings. The van der Waals surface area contributed by atoms with Crippen molar-refractivity contribution in [2.45, 2.75) is 19.5 Å². The molecule has 6 heteroatoms. The summed E-state index contributed by atoms with van der Waals surface area (Å²) in [5.74, 6) is 1.00. The lowest BCUT2D eigenvalue weighted by Gasteiger charge is -2.17. The van der Waals surface area contributed by atoms with Crippen LogP contribution in [0.3, 0.4) is 0 Å². The minimum atomic E-state index is 0.0771. The van der Waals surface area contributed by atoms with Gasteiger partial charge in [-0.05, 0) is 18.6 Å². The molecule has 1 aromatic heterocycles. The Morgan fingerprint density at radius 1 is 1.14 bits per heavy atom. The summed E-state index contributed by atoms with van der Waals surface area (Å²) in [6, 6.07) is 7.83. The van der Waals surface area contributed by atoms with Gasteiger partial charge >= 0.3 is 0 Å². The number of aromatic nitrogens is 2. The molecule has 0 aliphatic rings. The lowest BCUT2D eigenvalue weighted by molar-refractivity contribution is 0.357. The molecule has 0 saturated carbocycles. The van der Waals surface area contributed by atoms with Crippen LogP contribution in [0, 0.1) is 0 Å². The molecule has 21 heavy (non-hydrogen) atoms. The summed E-state index contributed by atoms with van der Waals surface area (Å²) in [5.41, 5.74) is 1.82. The number of benzene rings is 1. The third-order valence-electron chi connectivity index (χ3n) is 3.21. The van der Waals surface area contributed by atoms with Crippen LogP contribution in [0.1, 0.15) is 24.1 Å². The number of halogens is 1. The summed E-state index contributed by atoms with van der Waals surface area (Å²) in [6.45, 7) is 2.56. The maximum Gasteiger partial charge on any atom is 0.224 e. The molecule has 0 radical (unpaired) electrons. The fourth-order valence-corrected chi connectivity index (χ4v) is 2.37. The molecule has 0 aliphatic heterocycles. The number of rotatable bonds is 6. The molecule has 2 aromatic rings. The van der Waals surface area contributed by atoms with Crippen LogP contribution in [-0.2, 0) is 6.54 Å². The van der Waals surface area contributed by atoms with Gasteiger partial charge in [-0.1, -0.05) is 29.8 Å². The molecular formula is C15H18ClN3O2. The van der Waals surface area contributed by atoms with Crippen LogP contribution in [0.4, 0.5) is 0 Å². The average Bonchev–Trinajstić information content (AvgIpc) is 2.52. The molecule has 1 aromatic carbocycles. The topological polar surface area (TPSA) is 56.3 Å². The first-order chi connectivity index (χ1) is 10.2. The zero-order chi connectivity index (χ0) is 15.2. The second-order valence-corrected chi connectivity index (χ2v) is 4.90. The van der Waals surface area contributed by atoms with E-state index in [1.165, 1.54) is 6.33 Å². The average molecular weight is 308 g/mol. The summed E-state index contributed by atoms with van der Waals surface area (Å²) < 4.78 is 10.5. The van der Waals surface area contributed by atoms with E-state index in [0.717, 1.165) is 16.1 Å². The summed E-state index contributed by atoms with van der Waals surface area (Å²) in [4.78, 5) is 8.19. The molecule has 1 N–H and O–H groups in total. The second-order valence-electron chi connectivity index (χ2n) is 4.49. The highest BCUT2D eigenvalue weighted by molar-refractivity contribution is 6.31. The first-order valence-electron chi connectivity index (χ1n) is 6.57.